The van der Waals surface area contributed by atoms with E-state index in [1.807, 2.05) is 0 Å². The fourth-order valence-corrected chi connectivity index (χ4v) is 1.63. The van der Waals surface area contributed by atoms with Crippen molar-refractivity contribution in [3.8, 4) is 0 Å². The number of hydrogen-bond acceptors (Lipinski definition) is 1. The third-order valence-electron chi connectivity index (χ3n) is 2.46. The SMILES string of the molecule is CCN(CCCCl)C(=O)c1cc(F)c(F)c(F)c1. The number of benzene rings is 1. The predicted molar refractivity (Wildman–Crippen MR) is 63.2 cm³/mol. The second-order valence-electron chi connectivity index (χ2n) is 3.68. The number of hydrogen-bond donors (Lipinski definition) is 0. The number of halogens is 4. The van der Waals surface area contributed by atoms with E-state index in [0.29, 0.717) is 37.5 Å². The summed E-state index contributed by atoms with van der Waals surface area (Å²) < 4.78 is 38.8. The molecule has 1 aromatic rings. The summed E-state index contributed by atoms with van der Waals surface area (Å²) >= 11 is 5.52. The molecule has 1 rings (SSSR count). The highest BCUT2D eigenvalue weighted by molar-refractivity contribution is 6.17. The molecule has 0 heterocycles. The second kappa shape index (κ2) is 6.64. The number of carbonyl (C=O) groups excluding carboxylic acids is 1. The maximum atomic E-state index is 13.0. The van der Waals surface area contributed by atoms with Crippen molar-refractivity contribution in [1.82, 2.24) is 4.90 Å². The molecule has 1 aromatic carbocycles. The van der Waals surface area contributed by atoms with Gasteiger partial charge in [-0.15, -0.1) is 11.6 Å². The van der Waals surface area contributed by atoms with E-state index >= 15 is 0 Å². The normalized spacial score (nSPS) is 10.5. The lowest BCUT2D eigenvalue weighted by atomic mass is 10.1. The third-order valence-corrected chi connectivity index (χ3v) is 2.73. The van der Waals surface area contributed by atoms with E-state index in [2.05, 4.69) is 0 Å². The maximum absolute atomic E-state index is 13.0. The van der Waals surface area contributed by atoms with Crippen LogP contribution in [0, 0.1) is 17.5 Å². The zero-order valence-corrected chi connectivity index (χ0v) is 10.6. The molecule has 6 heteroatoms. The lowest BCUT2D eigenvalue weighted by Gasteiger charge is -2.20. The summed E-state index contributed by atoms with van der Waals surface area (Å²) in [7, 11) is 0. The Balaban J connectivity index is 2.95. The van der Waals surface area contributed by atoms with Crippen LogP contribution in [-0.4, -0.2) is 29.8 Å². The van der Waals surface area contributed by atoms with E-state index in [0.717, 1.165) is 0 Å². The summed E-state index contributed by atoms with van der Waals surface area (Å²) in [6.45, 7) is 2.51. The molecule has 0 bridgehead atoms. The molecule has 0 fully saturated rings. The summed E-state index contributed by atoms with van der Waals surface area (Å²) in [5.41, 5.74) is -0.206. The molecule has 0 unspecified atom stereocenters. The second-order valence-corrected chi connectivity index (χ2v) is 4.06. The molecular weight excluding hydrogens is 267 g/mol. The molecule has 0 saturated carbocycles. The van der Waals surface area contributed by atoms with Gasteiger partial charge in [-0.1, -0.05) is 0 Å². The van der Waals surface area contributed by atoms with Crippen LogP contribution in [0.25, 0.3) is 0 Å². The highest BCUT2D eigenvalue weighted by Crippen LogP contribution is 2.15. The van der Waals surface area contributed by atoms with Crippen molar-refractivity contribution < 1.29 is 18.0 Å². The Labute approximate surface area is 108 Å². The fraction of sp³-hybridized carbons (Fsp3) is 0.417. The topological polar surface area (TPSA) is 20.3 Å². The minimum absolute atomic E-state index is 0.206. The van der Waals surface area contributed by atoms with Crippen LogP contribution >= 0.6 is 11.6 Å². The fourth-order valence-electron chi connectivity index (χ4n) is 1.52. The minimum atomic E-state index is -1.57. The molecule has 100 valence electrons. The van der Waals surface area contributed by atoms with E-state index in [1.165, 1.54) is 4.90 Å². The summed E-state index contributed by atoms with van der Waals surface area (Å²) in [6, 6.07) is 1.40. The summed E-state index contributed by atoms with van der Waals surface area (Å²) in [5, 5.41) is 0. The predicted octanol–water partition coefficient (Wildman–Crippen LogP) is 3.19. The molecule has 0 N–H and O–H groups in total. The first kappa shape index (κ1) is 14.8. The molecule has 0 radical (unpaired) electrons. The quantitative estimate of drug-likeness (QED) is 0.599. The van der Waals surface area contributed by atoms with Crippen molar-refractivity contribution in [2.45, 2.75) is 13.3 Å². The van der Waals surface area contributed by atoms with Crippen molar-refractivity contribution in [3.63, 3.8) is 0 Å². The van der Waals surface area contributed by atoms with E-state index in [9.17, 15) is 18.0 Å². The molecule has 18 heavy (non-hydrogen) atoms. The Morgan fingerprint density at radius 2 is 1.83 bits per heavy atom. The first-order valence-electron chi connectivity index (χ1n) is 5.51. The van der Waals surface area contributed by atoms with Gasteiger partial charge in [0.05, 0.1) is 0 Å². The molecule has 0 aliphatic rings. The van der Waals surface area contributed by atoms with Crippen LogP contribution in [0.1, 0.15) is 23.7 Å². The van der Waals surface area contributed by atoms with Crippen molar-refractivity contribution in [2.75, 3.05) is 19.0 Å². The van der Waals surface area contributed by atoms with Crippen LogP contribution in [0.4, 0.5) is 13.2 Å². The van der Waals surface area contributed by atoms with Gasteiger partial charge in [0.15, 0.2) is 17.5 Å². The molecule has 1 amide bonds. The Morgan fingerprint density at radius 3 is 2.28 bits per heavy atom. The Kier molecular flexibility index (Phi) is 5.47. The summed E-state index contributed by atoms with van der Waals surface area (Å²) in [5.74, 6) is -4.47. The van der Waals surface area contributed by atoms with Crippen molar-refractivity contribution >= 4 is 17.5 Å². The number of alkyl halides is 1. The Hall–Kier alpha value is -1.23. The first-order valence-corrected chi connectivity index (χ1v) is 6.04. The van der Waals surface area contributed by atoms with Crippen LogP contribution in [0.5, 0.6) is 0 Å². The van der Waals surface area contributed by atoms with E-state index in [-0.39, 0.29) is 5.56 Å². The standard InChI is InChI=1S/C12H13ClF3NO/c1-2-17(5-3-4-13)12(18)8-6-9(14)11(16)10(15)7-8/h6-7H,2-5H2,1H3. The first-order chi connectivity index (χ1) is 8.51. The van der Waals surface area contributed by atoms with E-state index in [4.69, 9.17) is 11.6 Å². The summed E-state index contributed by atoms with van der Waals surface area (Å²) in [4.78, 5) is 13.3. The number of amides is 1. The largest absolute Gasteiger partial charge is 0.339 e. The zero-order chi connectivity index (χ0) is 13.7. The minimum Gasteiger partial charge on any atom is -0.339 e. The molecule has 0 atom stereocenters. The third kappa shape index (κ3) is 3.38. The van der Waals surface area contributed by atoms with Crippen LogP contribution in [0.15, 0.2) is 12.1 Å². The van der Waals surface area contributed by atoms with Gasteiger partial charge in [-0.3, -0.25) is 4.79 Å². The number of nitrogens with zero attached hydrogens (tertiary/aromatic N) is 1. The summed E-state index contributed by atoms with van der Waals surface area (Å²) in [6.07, 6.45) is 0.577. The van der Waals surface area contributed by atoms with E-state index in [1.54, 1.807) is 6.92 Å². The van der Waals surface area contributed by atoms with E-state index < -0.39 is 23.4 Å². The van der Waals surface area contributed by atoms with Crippen molar-refractivity contribution in [3.05, 3.63) is 35.1 Å². The van der Waals surface area contributed by atoms with Gasteiger partial charge in [0.2, 0.25) is 0 Å². The smallest absolute Gasteiger partial charge is 0.254 e. The number of rotatable bonds is 5. The molecule has 0 saturated heterocycles. The van der Waals surface area contributed by atoms with Crippen LogP contribution in [0.2, 0.25) is 0 Å². The van der Waals surface area contributed by atoms with Gasteiger partial charge in [0, 0.05) is 24.5 Å². The van der Waals surface area contributed by atoms with Gasteiger partial charge in [-0.25, -0.2) is 13.2 Å². The Bertz CT molecular complexity index is 416. The lowest BCUT2D eigenvalue weighted by molar-refractivity contribution is 0.0763. The van der Waals surface area contributed by atoms with Gasteiger partial charge in [-0.2, -0.15) is 0 Å². The average Bonchev–Trinajstić information content (AvgIpc) is 2.36. The molecule has 0 aliphatic heterocycles. The van der Waals surface area contributed by atoms with Crippen molar-refractivity contribution in [1.29, 1.82) is 0 Å². The van der Waals surface area contributed by atoms with Gasteiger partial charge >= 0.3 is 0 Å². The van der Waals surface area contributed by atoms with Crippen LogP contribution < -0.4 is 0 Å². The number of carbonyl (C=O) groups is 1. The van der Waals surface area contributed by atoms with Crippen LogP contribution in [0.3, 0.4) is 0 Å². The van der Waals surface area contributed by atoms with Crippen LogP contribution in [-0.2, 0) is 0 Å². The molecule has 0 aliphatic carbocycles. The molecule has 2 nitrogen and oxygen atoms in total. The molecule has 0 spiro atoms. The molecule has 0 aromatic heterocycles. The zero-order valence-electron chi connectivity index (χ0n) is 9.85. The van der Waals surface area contributed by atoms with Crippen molar-refractivity contribution in [2.24, 2.45) is 0 Å². The molecular formula is C12H13ClF3NO. The monoisotopic (exact) mass is 279 g/mol. The maximum Gasteiger partial charge on any atom is 0.254 e. The average molecular weight is 280 g/mol. The van der Waals surface area contributed by atoms with Gasteiger partial charge < -0.3 is 4.90 Å². The van der Waals surface area contributed by atoms with Gasteiger partial charge in [0.25, 0.3) is 5.91 Å². The van der Waals surface area contributed by atoms with Gasteiger partial charge in [0.1, 0.15) is 0 Å². The highest BCUT2D eigenvalue weighted by Gasteiger charge is 2.18. The Morgan fingerprint density at radius 1 is 1.28 bits per heavy atom. The van der Waals surface area contributed by atoms with Gasteiger partial charge in [-0.05, 0) is 25.5 Å². The lowest BCUT2D eigenvalue weighted by Crippen LogP contribution is -2.32. The highest BCUT2D eigenvalue weighted by atomic mass is 35.5.